The number of hydrogen-bond donors (Lipinski definition) is 2. The zero-order chi connectivity index (χ0) is 17.3. The van der Waals surface area contributed by atoms with Crippen LogP contribution >= 0.6 is 11.6 Å². The number of carbonyl (C=O) groups excluding carboxylic acids is 2. The van der Waals surface area contributed by atoms with Crippen LogP contribution < -0.4 is 10.7 Å². The second-order valence-corrected chi connectivity index (χ2v) is 6.67. The van der Waals surface area contributed by atoms with Crippen molar-refractivity contribution in [3.63, 3.8) is 0 Å². The first-order valence-electron chi connectivity index (χ1n) is 7.99. The lowest BCUT2D eigenvalue weighted by Crippen LogP contribution is -2.51. The Morgan fingerprint density at radius 1 is 1.42 bits per heavy atom. The van der Waals surface area contributed by atoms with Gasteiger partial charge in [-0.3, -0.25) is 19.5 Å². The van der Waals surface area contributed by atoms with Crippen LogP contribution in [0.5, 0.6) is 0 Å². The maximum Gasteiger partial charge on any atom is 0.278 e. The fourth-order valence-electron chi connectivity index (χ4n) is 2.93. The molecule has 128 valence electrons. The minimum absolute atomic E-state index is 0.114. The van der Waals surface area contributed by atoms with Gasteiger partial charge in [0, 0.05) is 41.5 Å². The van der Waals surface area contributed by atoms with E-state index in [1.165, 1.54) is 6.07 Å². The highest BCUT2D eigenvalue weighted by Gasteiger charge is 2.29. The molecule has 2 amide bonds. The predicted octanol–water partition coefficient (Wildman–Crippen LogP) is 1.09. The molecule has 1 aliphatic heterocycles. The number of aromatic nitrogens is 2. The summed E-state index contributed by atoms with van der Waals surface area (Å²) in [6.07, 6.45) is 3.00. The maximum atomic E-state index is 12.5. The van der Waals surface area contributed by atoms with Crippen LogP contribution in [0.25, 0.3) is 0 Å². The van der Waals surface area contributed by atoms with Gasteiger partial charge in [-0.2, -0.15) is 5.10 Å². The van der Waals surface area contributed by atoms with Crippen LogP contribution in [0.1, 0.15) is 41.9 Å². The molecule has 24 heavy (non-hydrogen) atoms. The number of hydrogen-bond acceptors (Lipinski definition) is 4. The smallest absolute Gasteiger partial charge is 0.278 e. The summed E-state index contributed by atoms with van der Waals surface area (Å²) in [5.41, 5.74) is 0.730. The molecule has 2 heterocycles. The largest absolute Gasteiger partial charge is 0.348 e. The van der Waals surface area contributed by atoms with Gasteiger partial charge in [0.1, 0.15) is 0 Å². The molecule has 2 N–H and O–H groups in total. The molecular weight excluding hydrogens is 332 g/mol. The third-order valence-corrected chi connectivity index (χ3v) is 4.78. The van der Waals surface area contributed by atoms with E-state index >= 15 is 0 Å². The lowest BCUT2D eigenvalue weighted by Gasteiger charge is -2.33. The van der Waals surface area contributed by atoms with Crippen LogP contribution in [0, 0.1) is 6.92 Å². The third-order valence-electron chi connectivity index (χ3n) is 4.37. The Kier molecular flexibility index (Phi) is 4.71. The van der Waals surface area contributed by atoms with E-state index in [9.17, 15) is 14.4 Å². The molecule has 3 rings (SSSR count). The summed E-state index contributed by atoms with van der Waals surface area (Å²) in [5, 5.41) is 10.1. The molecule has 0 unspecified atom stereocenters. The average molecular weight is 351 g/mol. The van der Waals surface area contributed by atoms with Crippen molar-refractivity contribution in [2.24, 2.45) is 0 Å². The van der Waals surface area contributed by atoms with Crippen molar-refractivity contribution in [2.45, 2.75) is 38.6 Å². The second kappa shape index (κ2) is 6.76. The minimum Gasteiger partial charge on any atom is -0.348 e. The van der Waals surface area contributed by atoms with Gasteiger partial charge in [0.2, 0.25) is 11.3 Å². The van der Waals surface area contributed by atoms with Crippen molar-refractivity contribution >= 4 is 23.4 Å². The van der Waals surface area contributed by atoms with Crippen LogP contribution in [0.3, 0.4) is 0 Å². The van der Waals surface area contributed by atoms with E-state index in [1.54, 1.807) is 11.8 Å². The molecule has 0 saturated carbocycles. The molecule has 1 saturated heterocycles. The van der Waals surface area contributed by atoms with Gasteiger partial charge in [-0.15, -0.1) is 0 Å². The number of piperidine rings is 1. The van der Waals surface area contributed by atoms with Gasteiger partial charge in [-0.25, -0.2) is 0 Å². The molecule has 7 nitrogen and oxygen atoms in total. The number of allylic oxidation sites excluding steroid dienone is 1. The monoisotopic (exact) mass is 350 g/mol. The summed E-state index contributed by atoms with van der Waals surface area (Å²) in [7, 11) is 0. The number of amides is 2. The van der Waals surface area contributed by atoms with Crippen LogP contribution in [0.2, 0.25) is 0 Å². The molecule has 8 heteroatoms. The minimum atomic E-state index is -0.406. The Morgan fingerprint density at radius 3 is 2.83 bits per heavy atom. The zero-order valence-electron chi connectivity index (χ0n) is 13.4. The highest BCUT2D eigenvalue weighted by Crippen LogP contribution is 2.31. The molecular formula is C16H19ClN4O3. The number of nitrogens with one attached hydrogen (secondary N) is 2. The summed E-state index contributed by atoms with van der Waals surface area (Å²) in [6.45, 7) is 2.61. The first kappa shape index (κ1) is 16.7. The standard InChI is InChI=1S/C16H19ClN4O3/c1-9-7-13(22)14(20-19-9)16(24)21-6-2-3-10(8-21)18-15(23)11-4-5-12(11)17/h7,10H,2-6,8H2,1H3,(H,18,23)(H,19,22)/t10-/m1/s1. The first-order chi connectivity index (χ1) is 11.5. The Balaban J connectivity index is 1.67. The number of likely N-dealkylation sites (tertiary alicyclic amines) is 1. The molecule has 0 bridgehead atoms. The van der Waals surface area contributed by atoms with Crippen molar-refractivity contribution < 1.29 is 9.59 Å². The van der Waals surface area contributed by atoms with Crippen molar-refractivity contribution in [1.29, 1.82) is 0 Å². The molecule has 0 radical (unpaired) electrons. The Hall–Kier alpha value is -2.15. The first-order valence-corrected chi connectivity index (χ1v) is 8.37. The highest BCUT2D eigenvalue weighted by atomic mass is 35.5. The van der Waals surface area contributed by atoms with Gasteiger partial charge in [0.25, 0.3) is 5.91 Å². The molecule has 2 aliphatic rings. The van der Waals surface area contributed by atoms with Crippen molar-refractivity contribution in [3.05, 3.63) is 38.3 Å². The normalized spacial score (nSPS) is 20.6. The number of aromatic amines is 1. The molecule has 1 atom stereocenters. The zero-order valence-corrected chi connectivity index (χ0v) is 14.2. The van der Waals surface area contributed by atoms with Gasteiger partial charge in [0.05, 0.1) is 0 Å². The quantitative estimate of drug-likeness (QED) is 0.853. The summed E-state index contributed by atoms with van der Waals surface area (Å²) in [4.78, 5) is 38.1. The SMILES string of the molecule is Cc1cc(=O)c(C(=O)N2CCC[C@@H](NC(=O)C3=C(Cl)CC3)C2)n[nH]1. The van der Waals surface area contributed by atoms with E-state index in [1.807, 2.05) is 0 Å². The Morgan fingerprint density at radius 2 is 2.21 bits per heavy atom. The maximum absolute atomic E-state index is 12.5. The van der Waals surface area contributed by atoms with Crippen LogP contribution in [-0.2, 0) is 4.79 Å². The topological polar surface area (TPSA) is 95.2 Å². The van der Waals surface area contributed by atoms with E-state index in [2.05, 4.69) is 15.5 Å². The summed E-state index contributed by atoms with van der Waals surface area (Å²) >= 11 is 5.92. The Labute approximate surface area is 144 Å². The molecule has 0 aromatic carbocycles. The van der Waals surface area contributed by atoms with E-state index in [0.29, 0.717) is 35.8 Å². The van der Waals surface area contributed by atoms with E-state index in [0.717, 1.165) is 19.3 Å². The molecule has 0 spiro atoms. The van der Waals surface area contributed by atoms with Crippen LogP contribution in [-0.4, -0.2) is 46.0 Å². The second-order valence-electron chi connectivity index (χ2n) is 6.21. The van der Waals surface area contributed by atoms with Gasteiger partial charge >= 0.3 is 0 Å². The lowest BCUT2D eigenvalue weighted by atomic mass is 9.96. The number of H-pyrrole nitrogens is 1. The number of aryl methyl sites for hydroxylation is 1. The number of halogens is 1. The lowest BCUT2D eigenvalue weighted by molar-refractivity contribution is -0.118. The molecule has 1 fully saturated rings. The fraction of sp³-hybridized carbons (Fsp3) is 0.500. The van der Waals surface area contributed by atoms with Gasteiger partial charge in [0.15, 0.2) is 5.69 Å². The predicted molar refractivity (Wildman–Crippen MR) is 88.8 cm³/mol. The van der Waals surface area contributed by atoms with E-state index in [-0.39, 0.29) is 17.6 Å². The van der Waals surface area contributed by atoms with Gasteiger partial charge < -0.3 is 10.2 Å². The van der Waals surface area contributed by atoms with Gasteiger partial charge in [-0.1, -0.05) is 11.6 Å². The molecule has 1 aromatic rings. The summed E-state index contributed by atoms with van der Waals surface area (Å²) < 4.78 is 0. The fourth-order valence-corrected chi connectivity index (χ4v) is 3.21. The molecule has 1 aliphatic carbocycles. The van der Waals surface area contributed by atoms with Gasteiger partial charge in [-0.05, 0) is 32.6 Å². The van der Waals surface area contributed by atoms with Crippen molar-refractivity contribution in [3.8, 4) is 0 Å². The molecule has 1 aromatic heterocycles. The van der Waals surface area contributed by atoms with Crippen LogP contribution in [0.15, 0.2) is 21.5 Å². The third kappa shape index (κ3) is 3.36. The Bertz CT molecular complexity index is 771. The van der Waals surface area contributed by atoms with E-state index in [4.69, 9.17) is 11.6 Å². The summed E-state index contributed by atoms with van der Waals surface area (Å²) in [6, 6.07) is 1.21. The number of rotatable bonds is 3. The average Bonchev–Trinajstić information content (AvgIpc) is 2.53. The highest BCUT2D eigenvalue weighted by molar-refractivity contribution is 6.33. The van der Waals surface area contributed by atoms with E-state index < -0.39 is 11.3 Å². The number of nitrogens with zero attached hydrogens (tertiary/aromatic N) is 2. The van der Waals surface area contributed by atoms with Crippen molar-refractivity contribution in [2.75, 3.05) is 13.1 Å². The van der Waals surface area contributed by atoms with Crippen molar-refractivity contribution in [1.82, 2.24) is 20.4 Å². The summed E-state index contributed by atoms with van der Waals surface area (Å²) in [5.74, 6) is -0.562. The number of carbonyl (C=O) groups is 2. The van der Waals surface area contributed by atoms with Crippen LogP contribution in [0.4, 0.5) is 0 Å².